The van der Waals surface area contributed by atoms with Gasteiger partial charge in [-0.15, -0.1) is 0 Å². The average molecular weight is 185 g/mol. The number of aryl methyl sites for hydroxylation is 1. The number of hydrogen-bond acceptors (Lipinski definition) is 1. The van der Waals surface area contributed by atoms with Crippen molar-refractivity contribution in [2.45, 2.75) is 19.8 Å². The number of nitrogens with zero attached hydrogens (tertiary/aromatic N) is 1. The maximum absolute atomic E-state index is 7.69. The quantitative estimate of drug-likeness (QED) is 0.700. The Hall–Kier alpha value is -0.760. The van der Waals surface area contributed by atoms with Crippen LogP contribution in [0.15, 0.2) is 12.3 Å². The number of rotatable bonds is 3. The van der Waals surface area contributed by atoms with Gasteiger partial charge in [-0.05, 0) is 12.5 Å². The highest BCUT2D eigenvalue weighted by Gasteiger charge is 2.07. The third-order valence-electron chi connectivity index (χ3n) is 1.82. The SMILES string of the molecule is CCCC(=N)c1ccn(C)c1Cl. The molecule has 1 N–H and O–H groups in total. The van der Waals surface area contributed by atoms with E-state index in [0.717, 1.165) is 18.4 Å². The van der Waals surface area contributed by atoms with Crippen LogP contribution >= 0.6 is 11.6 Å². The van der Waals surface area contributed by atoms with Crippen LogP contribution in [0.4, 0.5) is 0 Å². The van der Waals surface area contributed by atoms with Gasteiger partial charge in [0.15, 0.2) is 0 Å². The maximum atomic E-state index is 7.69. The van der Waals surface area contributed by atoms with Gasteiger partial charge in [-0.2, -0.15) is 0 Å². The van der Waals surface area contributed by atoms with Crippen molar-refractivity contribution >= 4 is 17.3 Å². The molecule has 0 aliphatic heterocycles. The fourth-order valence-corrected chi connectivity index (χ4v) is 1.35. The Labute approximate surface area is 77.7 Å². The summed E-state index contributed by atoms with van der Waals surface area (Å²) in [5.41, 5.74) is 1.49. The Morgan fingerprint density at radius 3 is 2.75 bits per heavy atom. The van der Waals surface area contributed by atoms with Gasteiger partial charge in [0.05, 0.1) is 0 Å². The number of nitrogens with one attached hydrogen (secondary N) is 1. The van der Waals surface area contributed by atoms with Crippen molar-refractivity contribution in [3.05, 3.63) is 23.0 Å². The van der Waals surface area contributed by atoms with Crippen LogP contribution in [0.25, 0.3) is 0 Å². The Kier molecular flexibility index (Phi) is 2.93. The molecule has 0 amide bonds. The predicted octanol–water partition coefficient (Wildman–Crippen LogP) is 2.85. The molecule has 0 saturated heterocycles. The van der Waals surface area contributed by atoms with Crippen molar-refractivity contribution in [2.24, 2.45) is 7.05 Å². The Bertz CT molecular complexity index is 289. The number of hydrogen-bond donors (Lipinski definition) is 1. The van der Waals surface area contributed by atoms with Gasteiger partial charge in [0.2, 0.25) is 0 Å². The van der Waals surface area contributed by atoms with E-state index in [1.165, 1.54) is 0 Å². The largest absolute Gasteiger partial charge is 0.341 e. The van der Waals surface area contributed by atoms with E-state index in [1.54, 1.807) is 0 Å². The fourth-order valence-electron chi connectivity index (χ4n) is 1.12. The van der Waals surface area contributed by atoms with Crippen LogP contribution in [0.2, 0.25) is 5.15 Å². The van der Waals surface area contributed by atoms with Crippen molar-refractivity contribution in [1.29, 1.82) is 5.41 Å². The molecular formula is C9H13ClN2. The van der Waals surface area contributed by atoms with E-state index in [-0.39, 0.29) is 0 Å². The standard InChI is InChI=1S/C9H13ClN2/c1-3-4-8(11)7-5-6-12(2)9(7)10/h5-6,11H,3-4H2,1-2H3. The van der Waals surface area contributed by atoms with E-state index >= 15 is 0 Å². The van der Waals surface area contributed by atoms with Crippen LogP contribution in [0.5, 0.6) is 0 Å². The van der Waals surface area contributed by atoms with Gasteiger partial charge in [-0.25, -0.2) is 0 Å². The summed E-state index contributed by atoms with van der Waals surface area (Å²) in [5.74, 6) is 0. The molecule has 12 heavy (non-hydrogen) atoms. The summed E-state index contributed by atoms with van der Waals surface area (Å²) in [7, 11) is 1.88. The predicted molar refractivity (Wildman–Crippen MR) is 52.2 cm³/mol. The zero-order chi connectivity index (χ0) is 9.14. The Balaban J connectivity index is 2.88. The zero-order valence-corrected chi connectivity index (χ0v) is 8.15. The van der Waals surface area contributed by atoms with E-state index in [4.69, 9.17) is 17.0 Å². The van der Waals surface area contributed by atoms with Gasteiger partial charge in [0.25, 0.3) is 0 Å². The lowest BCUT2D eigenvalue weighted by Gasteiger charge is -2.00. The molecule has 0 atom stereocenters. The smallest absolute Gasteiger partial charge is 0.117 e. The van der Waals surface area contributed by atoms with Gasteiger partial charge in [-0.3, -0.25) is 0 Å². The van der Waals surface area contributed by atoms with Crippen molar-refractivity contribution < 1.29 is 0 Å². The summed E-state index contributed by atoms with van der Waals surface area (Å²) >= 11 is 5.96. The number of halogens is 1. The van der Waals surface area contributed by atoms with E-state index in [1.807, 2.05) is 23.9 Å². The highest BCUT2D eigenvalue weighted by Crippen LogP contribution is 2.18. The fraction of sp³-hybridized carbons (Fsp3) is 0.444. The summed E-state index contributed by atoms with van der Waals surface area (Å²) in [5, 5.41) is 8.35. The van der Waals surface area contributed by atoms with Gasteiger partial charge in [0.1, 0.15) is 5.15 Å². The molecule has 1 heterocycles. The normalized spacial score (nSPS) is 10.2. The van der Waals surface area contributed by atoms with Crippen LogP contribution in [0.1, 0.15) is 25.3 Å². The highest BCUT2D eigenvalue weighted by molar-refractivity contribution is 6.33. The first-order valence-electron chi connectivity index (χ1n) is 4.05. The van der Waals surface area contributed by atoms with Crippen LogP contribution in [0.3, 0.4) is 0 Å². The minimum atomic E-state index is 0.628. The monoisotopic (exact) mass is 184 g/mol. The second kappa shape index (κ2) is 3.76. The lowest BCUT2D eigenvalue weighted by molar-refractivity contribution is 0.926. The van der Waals surface area contributed by atoms with Crippen LogP contribution < -0.4 is 0 Å². The molecule has 3 heteroatoms. The van der Waals surface area contributed by atoms with Gasteiger partial charge in [-0.1, -0.05) is 24.9 Å². The van der Waals surface area contributed by atoms with Gasteiger partial charge >= 0.3 is 0 Å². The second-order valence-corrected chi connectivity index (χ2v) is 3.22. The lowest BCUT2D eigenvalue weighted by atomic mass is 10.1. The van der Waals surface area contributed by atoms with Crippen molar-refractivity contribution in [3.63, 3.8) is 0 Å². The topological polar surface area (TPSA) is 28.8 Å². The minimum absolute atomic E-state index is 0.628. The van der Waals surface area contributed by atoms with Crippen LogP contribution in [0, 0.1) is 5.41 Å². The summed E-state index contributed by atoms with van der Waals surface area (Å²) in [6, 6.07) is 1.89. The second-order valence-electron chi connectivity index (χ2n) is 2.86. The zero-order valence-electron chi connectivity index (χ0n) is 7.39. The molecule has 0 aromatic carbocycles. The average Bonchev–Trinajstić information content (AvgIpc) is 2.34. The summed E-state index contributed by atoms with van der Waals surface area (Å²) < 4.78 is 1.82. The molecule has 66 valence electrons. The van der Waals surface area contributed by atoms with Crippen molar-refractivity contribution in [2.75, 3.05) is 0 Å². The van der Waals surface area contributed by atoms with E-state index in [2.05, 4.69) is 6.92 Å². The first-order valence-corrected chi connectivity index (χ1v) is 4.43. The molecule has 0 unspecified atom stereocenters. The molecule has 0 aliphatic rings. The molecule has 1 aromatic heterocycles. The molecule has 2 nitrogen and oxygen atoms in total. The van der Waals surface area contributed by atoms with E-state index in [0.29, 0.717) is 10.9 Å². The molecular weight excluding hydrogens is 172 g/mol. The molecule has 0 fully saturated rings. The third-order valence-corrected chi connectivity index (χ3v) is 2.29. The van der Waals surface area contributed by atoms with Gasteiger partial charge in [0, 0.05) is 24.5 Å². The summed E-state index contributed by atoms with van der Waals surface area (Å²) in [6.07, 6.45) is 3.66. The molecule has 0 radical (unpaired) electrons. The molecule has 0 aliphatic carbocycles. The molecule has 1 rings (SSSR count). The Morgan fingerprint density at radius 2 is 2.33 bits per heavy atom. The first-order chi connectivity index (χ1) is 5.66. The van der Waals surface area contributed by atoms with Gasteiger partial charge < -0.3 is 9.98 Å². The summed E-state index contributed by atoms with van der Waals surface area (Å²) in [6.45, 7) is 2.06. The molecule has 0 bridgehead atoms. The third kappa shape index (κ3) is 1.69. The van der Waals surface area contributed by atoms with Crippen LogP contribution in [-0.2, 0) is 7.05 Å². The molecule has 0 saturated carbocycles. The van der Waals surface area contributed by atoms with E-state index < -0.39 is 0 Å². The van der Waals surface area contributed by atoms with Crippen molar-refractivity contribution in [1.82, 2.24) is 4.57 Å². The summed E-state index contributed by atoms with van der Waals surface area (Å²) in [4.78, 5) is 0. The molecule has 1 aromatic rings. The number of aromatic nitrogens is 1. The highest BCUT2D eigenvalue weighted by atomic mass is 35.5. The van der Waals surface area contributed by atoms with Crippen molar-refractivity contribution in [3.8, 4) is 0 Å². The van der Waals surface area contributed by atoms with Crippen LogP contribution in [-0.4, -0.2) is 10.3 Å². The Morgan fingerprint density at radius 1 is 1.67 bits per heavy atom. The first kappa shape index (κ1) is 9.33. The maximum Gasteiger partial charge on any atom is 0.117 e. The van der Waals surface area contributed by atoms with E-state index in [9.17, 15) is 0 Å². The lowest BCUT2D eigenvalue weighted by Crippen LogP contribution is -1.98. The minimum Gasteiger partial charge on any atom is -0.341 e. The molecule has 0 spiro atoms.